The second kappa shape index (κ2) is 5.59. The van der Waals surface area contributed by atoms with Crippen LogP contribution in [0, 0.1) is 19.3 Å². The standard InChI is InChI=1S/C19H27NO3/c1-11-12(2)16(17(21)23-18(4,5)6)20-15(11)9-14-10-19(7,8)13(3)22-14/h9,20H,3,10H2,1-2,4-8H3/b14-9+. The van der Waals surface area contributed by atoms with Gasteiger partial charge in [0.1, 0.15) is 22.8 Å². The zero-order valence-electron chi connectivity index (χ0n) is 15.2. The summed E-state index contributed by atoms with van der Waals surface area (Å²) in [5.41, 5.74) is 2.73. The Balaban J connectivity index is 2.31. The largest absolute Gasteiger partial charge is 0.466 e. The van der Waals surface area contributed by atoms with Gasteiger partial charge in [0.25, 0.3) is 0 Å². The van der Waals surface area contributed by atoms with Gasteiger partial charge in [0.15, 0.2) is 0 Å². The molecule has 1 aromatic rings. The molecule has 1 aliphatic rings. The zero-order valence-corrected chi connectivity index (χ0v) is 15.2. The molecule has 1 saturated heterocycles. The minimum absolute atomic E-state index is 0.0601. The van der Waals surface area contributed by atoms with E-state index < -0.39 is 5.60 Å². The molecular formula is C19H27NO3. The number of hydrogen-bond acceptors (Lipinski definition) is 3. The summed E-state index contributed by atoms with van der Waals surface area (Å²) in [6.07, 6.45) is 2.75. The van der Waals surface area contributed by atoms with Gasteiger partial charge in [-0.2, -0.15) is 0 Å². The molecule has 0 aliphatic carbocycles. The predicted octanol–water partition coefficient (Wildman–Crippen LogP) is 4.89. The number of allylic oxidation sites excluding steroid dienone is 2. The summed E-state index contributed by atoms with van der Waals surface area (Å²) in [6, 6.07) is 0. The van der Waals surface area contributed by atoms with E-state index in [-0.39, 0.29) is 11.4 Å². The number of rotatable bonds is 2. The third-order valence-corrected chi connectivity index (χ3v) is 4.13. The van der Waals surface area contributed by atoms with Gasteiger partial charge in [0, 0.05) is 23.6 Å². The lowest BCUT2D eigenvalue weighted by atomic mass is 9.89. The Hall–Kier alpha value is -1.97. The van der Waals surface area contributed by atoms with Gasteiger partial charge in [-0.05, 0) is 45.7 Å². The highest BCUT2D eigenvalue weighted by molar-refractivity contribution is 5.90. The lowest BCUT2D eigenvalue weighted by Gasteiger charge is -2.19. The maximum Gasteiger partial charge on any atom is 0.355 e. The van der Waals surface area contributed by atoms with E-state index in [0.717, 1.165) is 34.8 Å². The fourth-order valence-electron chi connectivity index (χ4n) is 2.50. The first-order valence-electron chi connectivity index (χ1n) is 7.91. The van der Waals surface area contributed by atoms with Crippen LogP contribution in [0.1, 0.15) is 68.3 Å². The number of esters is 1. The van der Waals surface area contributed by atoms with Crippen LogP contribution in [0.15, 0.2) is 18.1 Å². The molecule has 0 bridgehead atoms. The lowest BCUT2D eigenvalue weighted by molar-refractivity contribution is 0.00627. The molecule has 0 amide bonds. The SMILES string of the molecule is C=C1O/C(=C/c2[nH]c(C(=O)OC(C)(C)C)c(C)c2C)CC1(C)C. The minimum atomic E-state index is -0.516. The summed E-state index contributed by atoms with van der Waals surface area (Å²) >= 11 is 0. The molecule has 1 aromatic heterocycles. The van der Waals surface area contributed by atoms with Crippen molar-refractivity contribution in [3.63, 3.8) is 0 Å². The fraction of sp³-hybridized carbons (Fsp3) is 0.526. The zero-order chi connectivity index (χ0) is 17.6. The number of aromatic amines is 1. The quantitative estimate of drug-likeness (QED) is 0.790. The molecule has 126 valence electrons. The second-order valence-electron chi connectivity index (χ2n) is 7.86. The lowest BCUT2D eigenvalue weighted by Crippen LogP contribution is -2.24. The number of nitrogens with one attached hydrogen (secondary N) is 1. The van der Waals surface area contributed by atoms with Gasteiger partial charge in [-0.3, -0.25) is 0 Å². The molecule has 0 atom stereocenters. The monoisotopic (exact) mass is 317 g/mol. The highest BCUT2D eigenvalue weighted by Gasteiger charge is 2.33. The Morgan fingerprint density at radius 3 is 2.39 bits per heavy atom. The van der Waals surface area contributed by atoms with Crippen molar-refractivity contribution in [2.24, 2.45) is 5.41 Å². The fourth-order valence-corrected chi connectivity index (χ4v) is 2.50. The molecule has 0 unspecified atom stereocenters. The molecule has 0 radical (unpaired) electrons. The van der Waals surface area contributed by atoms with Gasteiger partial charge in [-0.1, -0.05) is 20.4 Å². The second-order valence-corrected chi connectivity index (χ2v) is 7.86. The minimum Gasteiger partial charge on any atom is -0.466 e. The van der Waals surface area contributed by atoms with Crippen LogP contribution in [-0.2, 0) is 9.47 Å². The van der Waals surface area contributed by atoms with Gasteiger partial charge in [-0.15, -0.1) is 0 Å². The molecule has 23 heavy (non-hydrogen) atoms. The van der Waals surface area contributed by atoms with Crippen LogP contribution in [0.3, 0.4) is 0 Å². The first-order chi connectivity index (χ1) is 10.4. The Morgan fingerprint density at radius 1 is 1.30 bits per heavy atom. The van der Waals surface area contributed by atoms with E-state index in [1.165, 1.54) is 0 Å². The van der Waals surface area contributed by atoms with E-state index in [1.807, 2.05) is 40.7 Å². The van der Waals surface area contributed by atoms with Gasteiger partial charge in [0.2, 0.25) is 0 Å². The summed E-state index contributed by atoms with van der Waals surface area (Å²) in [7, 11) is 0. The molecule has 1 fully saturated rings. The Bertz CT molecular complexity index is 684. The molecule has 4 nitrogen and oxygen atoms in total. The van der Waals surface area contributed by atoms with Gasteiger partial charge in [0.05, 0.1) is 0 Å². The van der Waals surface area contributed by atoms with Crippen LogP contribution in [0.25, 0.3) is 6.08 Å². The van der Waals surface area contributed by atoms with Crippen molar-refractivity contribution in [3.8, 4) is 0 Å². The number of carbonyl (C=O) groups is 1. The maximum absolute atomic E-state index is 12.3. The van der Waals surface area contributed by atoms with Crippen LogP contribution >= 0.6 is 0 Å². The maximum atomic E-state index is 12.3. The Labute approximate surface area is 138 Å². The third-order valence-electron chi connectivity index (χ3n) is 4.13. The van der Waals surface area contributed by atoms with Crippen molar-refractivity contribution >= 4 is 12.0 Å². The van der Waals surface area contributed by atoms with Crippen molar-refractivity contribution in [2.45, 2.75) is 60.5 Å². The van der Waals surface area contributed by atoms with Crippen molar-refractivity contribution in [1.29, 1.82) is 0 Å². The number of aromatic nitrogens is 1. The van der Waals surface area contributed by atoms with Gasteiger partial charge in [-0.25, -0.2) is 4.79 Å². The highest BCUT2D eigenvalue weighted by atomic mass is 16.6. The molecule has 0 saturated carbocycles. The highest BCUT2D eigenvalue weighted by Crippen LogP contribution is 2.42. The van der Waals surface area contributed by atoms with Crippen molar-refractivity contribution in [1.82, 2.24) is 4.98 Å². The van der Waals surface area contributed by atoms with E-state index in [2.05, 4.69) is 25.4 Å². The summed E-state index contributed by atoms with van der Waals surface area (Å²) in [6.45, 7) is 17.7. The van der Waals surface area contributed by atoms with E-state index in [0.29, 0.717) is 5.69 Å². The van der Waals surface area contributed by atoms with Gasteiger partial charge >= 0.3 is 5.97 Å². The summed E-state index contributed by atoms with van der Waals surface area (Å²) in [4.78, 5) is 15.5. The smallest absolute Gasteiger partial charge is 0.355 e. The van der Waals surface area contributed by atoms with Crippen LogP contribution in [0.4, 0.5) is 0 Å². The molecule has 1 aliphatic heterocycles. The van der Waals surface area contributed by atoms with Crippen LogP contribution in [0.2, 0.25) is 0 Å². The van der Waals surface area contributed by atoms with E-state index in [1.54, 1.807) is 0 Å². The predicted molar refractivity (Wildman–Crippen MR) is 92.0 cm³/mol. The van der Waals surface area contributed by atoms with Crippen molar-refractivity contribution < 1.29 is 14.3 Å². The van der Waals surface area contributed by atoms with E-state index in [4.69, 9.17) is 9.47 Å². The molecule has 2 heterocycles. The van der Waals surface area contributed by atoms with Gasteiger partial charge < -0.3 is 14.5 Å². The summed E-state index contributed by atoms with van der Waals surface area (Å²) in [5, 5.41) is 0. The van der Waals surface area contributed by atoms with Crippen LogP contribution < -0.4 is 0 Å². The Kier molecular flexibility index (Phi) is 4.22. The Morgan fingerprint density at radius 2 is 1.91 bits per heavy atom. The first kappa shape index (κ1) is 17.4. The topological polar surface area (TPSA) is 51.3 Å². The number of hydrogen-bond donors (Lipinski definition) is 1. The molecule has 0 aromatic carbocycles. The average Bonchev–Trinajstić information content (AvgIpc) is 2.78. The molecule has 4 heteroatoms. The molecular weight excluding hydrogens is 290 g/mol. The summed E-state index contributed by atoms with van der Waals surface area (Å²) in [5.74, 6) is 1.30. The number of H-pyrrole nitrogens is 1. The van der Waals surface area contributed by atoms with Crippen molar-refractivity contribution in [3.05, 3.63) is 40.6 Å². The average molecular weight is 317 g/mol. The first-order valence-corrected chi connectivity index (χ1v) is 7.91. The van der Waals surface area contributed by atoms with Crippen molar-refractivity contribution in [2.75, 3.05) is 0 Å². The molecule has 2 rings (SSSR count). The van der Waals surface area contributed by atoms with E-state index in [9.17, 15) is 4.79 Å². The number of ether oxygens (including phenoxy) is 2. The third kappa shape index (κ3) is 3.69. The summed E-state index contributed by atoms with van der Waals surface area (Å²) < 4.78 is 11.2. The van der Waals surface area contributed by atoms with Crippen LogP contribution in [-0.4, -0.2) is 16.6 Å². The molecule has 0 spiro atoms. The van der Waals surface area contributed by atoms with E-state index >= 15 is 0 Å². The molecule has 1 N–H and O–H groups in total. The van der Waals surface area contributed by atoms with Crippen LogP contribution in [0.5, 0.6) is 0 Å². The normalized spacial score (nSPS) is 19.1. The number of carbonyl (C=O) groups excluding carboxylic acids is 1.